The van der Waals surface area contributed by atoms with Gasteiger partial charge in [0.2, 0.25) is 0 Å². The normalized spacial score (nSPS) is 13.0. The summed E-state index contributed by atoms with van der Waals surface area (Å²) in [7, 11) is 0. The van der Waals surface area contributed by atoms with E-state index in [0.29, 0.717) is 0 Å². The lowest BCUT2D eigenvalue weighted by Gasteiger charge is -2.27. The van der Waals surface area contributed by atoms with E-state index in [0.717, 1.165) is 0 Å². The zero-order chi connectivity index (χ0) is 47.7. The second-order valence-electron chi connectivity index (χ2n) is 23.8. The Hall–Kier alpha value is -6.76. The molecule has 0 fully saturated rings. The summed E-state index contributed by atoms with van der Waals surface area (Å²) < 4.78 is 0. The summed E-state index contributed by atoms with van der Waals surface area (Å²) in [5, 5.41) is 10.3. The highest BCUT2D eigenvalue weighted by molar-refractivity contribution is 6.32. The van der Waals surface area contributed by atoms with Gasteiger partial charge in [0, 0.05) is 0 Å². The fraction of sp³-hybridized carbons (Fsp3) is 0.235. The fourth-order valence-corrected chi connectivity index (χ4v) is 11.0. The molecular formula is C68H64. The molecule has 0 saturated heterocycles. The molecule has 0 spiro atoms. The summed E-state index contributed by atoms with van der Waals surface area (Å²) in [6.07, 6.45) is 0. The molecule has 0 radical (unpaired) electrons. The van der Waals surface area contributed by atoms with Crippen LogP contribution >= 0.6 is 0 Å². The van der Waals surface area contributed by atoms with Crippen LogP contribution in [0, 0.1) is 0 Å². The van der Waals surface area contributed by atoms with Gasteiger partial charge in [-0.25, -0.2) is 0 Å². The molecule has 0 bridgehead atoms. The molecule has 0 heteroatoms. The van der Waals surface area contributed by atoms with Crippen molar-refractivity contribution in [3.05, 3.63) is 192 Å². The van der Waals surface area contributed by atoms with Gasteiger partial charge in [-0.05, 0) is 178 Å². The summed E-state index contributed by atoms with van der Waals surface area (Å²) in [5.74, 6) is 0. The Morgan fingerprint density at radius 3 is 1.09 bits per heavy atom. The average Bonchev–Trinajstić information content (AvgIpc) is 3.62. The molecule has 0 aromatic heterocycles. The third-order valence-corrected chi connectivity index (χ3v) is 14.9. The largest absolute Gasteiger partial charge is 0.0622 e. The molecule has 0 heterocycles. The van der Waals surface area contributed by atoms with Crippen LogP contribution in [0.2, 0.25) is 0 Å². The number of hydrogen-bond acceptors (Lipinski definition) is 0. The minimum atomic E-state index is -0.0333. The van der Waals surface area contributed by atoms with Crippen LogP contribution in [0.5, 0.6) is 0 Å². The molecule has 10 aromatic carbocycles. The van der Waals surface area contributed by atoms with E-state index in [1.165, 1.54) is 132 Å². The first-order valence-electron chi connectivity index (χ1n) is 24.7. The molecule has 11 rings (SSSR count). The van der Waals surface area contributed by atoms with Gasteiger partial charge in [-0.1, -0.05) is 229 Å². The van der Waals surface area contributed by atoms with Crippen molar-refractivity contribution in [2.75, 3.05) is 0 Å². The van der Waals surface area contributed by atoms with Crippen molar-refractivity contribution in [2.45, 2.75) is 105 Å². The summed E-state index contributed by atoms with van der Waals surface area (Å²) in [6, 6.07) is 65.6. The monoisotopic (exact) mass is 881 g/mol. The van der Waals surface area contributed by atoms with Crippen LogP contribution in [-0.4, -0.2) is 0 Å². The molecule has 1 aliphatic carbocycles. The lowest BCUT2D eigenvalue weighted by molar-refractivity contribution is 0.568. The zero-order valence-electron chi connectivity index (χ0n) is 42.2. The summed E-state index contributed by atoms with van der Waals surface area (Å²) in [4.78, 5) is 0. The van der Waals surface area contributed by atoms with E-state index in [-0.39, 0.29) is 21.7 Å². The lowest BCUT2D eigenvalue weighted by atomic mass is 9.77. The standard InChI is InChI=1S/C68H64/c1-65(2,3)47-31-45(32-48(39-47)66(4,5)6)53-29-30-56-54-25-19-20-26-55(54)61(46-33-49(67(7,8)9)40-50(34-46)68(10,11)12)64-60-38-44-36-58-52(42-23-17-14-18-24-42)28-27-51(41-21-15-13-16-22-41)57(58)35-43(44)37-59(60)62(53)63(56)64/h13-40H,1-12H3. The molecule has 0 aliphatic heterocycles. The van der Waals surface area contributed by atoms with Crippen LogP contribution in [-0.2, 0) is 21.7 Å². The van der Waals surface area contributed by atoms with Crippen molar-refractivity contribution in [1.29, 1.82) is 0 Å². The molecule has 68 heavy (non-hydrogen) atoms. The molecule has 0 saturated carbocycles. The quantitative estimate of drug-likeness (QED) is 0.122. The maximum atomic E-state index is 2.55. The molecule has 0 unspecified atom stereocenters. The van der Waals surface area contributed by atoms with Crippen LogP contribution < -0.4 is 0 Å². The van der Waals surface area contributed by atoms with Gasteiger partial charge < -0.3 is 0 Å². The van der Waals surface area contributed by atoms with Crippen molar-refractivity contribution in [3.8, 4) is 66.8 Å². The van der Waals surface area contributed by atoms with Crippen molar-refractivity contribution in [1.82, 2.24) is 0 Å². The van der Waals surface area contributed by atoms with Crippen LogP contribution in [0.15, 0.2) is 170 Å². The summed E-state index contributed by atoms with van der Waals surface area (Å²) >= 11 is 0. The average molecular weight is 881 g/mol. The van der Waals surface area contributed by atoms with Gasteiger partial charge in [0.25, 0.3) is 0 Å². The maximum absolute atomic E-state index is 2.55. The Bertz CT molecular complexity index is 3600. The Morgan fingerprint density at radius 1 is 0.235 bits per heavy atom. The topological polar surface area (TPSA) is 0 Å². The molecule has 0 atom stereocenters. The van der Waals surface area contributed by atoms with Crippen LogP contribution in [0.4, 0.5) is 0 Å². The fourth-order valence-electron chi connectivity index (χ4n) is 11.0. The van der Waals surface area contributed by atoms with Crippen molar-refractivity contribution in [3.63, 3.8) is 0 Å². The minimum absolute atomic E-state index is 0.0191. The van der Waals surface area contributed by atoms with E-state index in [2.05, 4.69) is 253 Å². The van der Waals surface area contributed by atoms with E-state index in [1.807, 2.05) is 0 Å². The van der Waals surface area contributed by atoms with Crippen LogP contribution in [0.3, 0.4) is 0 Å². The first-order chi connectivity index (χ1) is 32.2. The van der Waals surface area contributed by atoms with E-state index < -0.39 is 0 Å². The van der Waals surface area contributed by atoms with Gasteiger partial charge in [-0.15, -0.1) is 0 Å². The number of benzene rings is 10. The van der Waals surface area contributed by atoms with Crippen molar-refractivity contribution in [2.24, 2.45) is 0 Å². The lowest BCUT2D eigenvalue weighted by Crippen LogP contribution is -2.16. The van der Waals surface area contributed by atoms with Crippen LogP contribution in [0.1, 0.15) is 105 Å². The van der Waals surface area contributed by atoms with Crippen molar-refractivity contribution < 1.29 is 0 Å². The highest BCUT2D eigenvalue weighted by Crippen LogP contribution is 2.58. The first-order valence-corrected chi connectivity index (χ1v) is 24.7. The summed E-state index contributed by atoms with van der Waals surface area (Å²) in [5.41, 5.74) is 20.9. The molecular weight excluding hydrogens is 817 g/mol. The molecule has 0 N–H and O–H groups in total. The molecule has 0 nitrogen and oxygen atoms in total. The Labute approximate surface area is 404 Å². The smallest absolute Gasteiger partial charge is 0.000740 e. The molecule has 0 amide bonds. The molecule has 336 valence electrons. The molecule has 1 aliphatic rings. The third-order valence-electron chi connectivity index (χ3n) is 14.9. The summed E-state index contributed by atoms with van der Waals surface area (Å²) in [6.45, 7) is 28.3. The van der Waals surface area contributed by atoms with Gasteiger partial charge in [-0.2, -0.15) is 0 Å². The predicted molar refractivity (Wildman–Crippen MR) is 297 cm³/mol. The second kappa shape index (κ2) is 15.4. The number of hydrogen-bond donors (Lipinski definition) is 0. The Balaban J connectivity index is 1.32. The highest BCUT2D eigenvalue weighted by atomic mass is 14.4. The van der Waals surface area contributed by atoms with Gasteiger partial charge >= 0.3 is 0 Å². The Kier molecular flexibility index (Phi) is 9.90. The maximum Gasteiger partial charge on any atom is -0.000740 e. The first kappa shape index (κ1) is 43.8. The second-order valence-corrected chi connectivity index (χ2v) is 23.8. The third kappa shape index (κ3) is 7.27. The van der Waals surface area contributed by atoms with Gasteiger partial charge in [-0.3, -0.25) is 0 Å². The minimum Gasteiger partial charge on any atom is -0.0622 e. The SMILES string of the molecule is CC(C)(C)c1cc(-c2ccc3c4c2-c2cc5cc6c(-c7ccccc7)ccc(-c7ccccc7)c6cc5cc2-c4c(-c2cc(C(C)(C)C)cc(C(C)(C)C)c2)c2ccccc23)cc(C(C)(C)C)c1. The van der Waals surface area contributed by atoms with E-state index in [4.69, 9.17) is 0 Å². The Morgan fingerprint density at radius 2 is 0.632 bits per heavy atom. The number of rotatable bonds is 4. The predicted octanol–water partition coefficient (Wildman–Crippen LogP) is 19.8. The van der Waals surface area contributed by atoms with Crippen molar-refractivity contribution >= 4 is 43.1 Å². The van der Waals surface area contributed by atoms with Gasteiger partial charge in [0.05, 0.1) is 0 Å². The van der Waals surface area contributed by atoms with E-state index in [9.17, 15) is 0 Å². The molecule has 10 aromatic rings. The number of fused-ring (bicyclic) bond motifs is 7. The van der Waals surface area contributed by atoms with E-state index in [1.54, 1.807) is 0 Å². The van der Waals surface area contributed by atoms with E-state index >= 15 is 0 Å². The van der Waals surface area contributed by atoms with Gasteiger partial charge in [0.1, 0.15) is 0 Å². The zero-order valence-corrected chi connectivity index (χ0v) is 42.2. The highest BCUT2D eigenvalue weighted by Gasteiger charge is 2.33. The van der Waals surface area contributed by atoms with Crippen LogP contribution in [0.25, 0.3) is 110 Å². The van der Waals surface area contributed by atoms with Gasteiger partial charge in [0.15, 0.2) is 0 Å².